The highest BCUT2D eigenvalue weighted by Crippen LogP contribution is 1.91. The summed E-state index contributed by atoms with van der Waals surface area (Å²) in [5.74, 6) is -0.0568. The number of aliphatic hydroxyl groups is 1. The number of nitrogens with one attached hydrogen (secondary N) is 1. The normalized spacial score (nSPS) is 9.69. The van der Waals surface area contributed by atoms with Crippen LogP contribution in [0.5, 0.6) is 0 Å². The van der Waals surface area contributed by atoms with E-state index in [0.717, 1.165) is 6.42 Å². The molecule has 0 radical (unpaired) electrons. The van der Waals surface area contributed by atoms with Crippen LogP contribution in [0.25, 0.3) is 0 Å². The monoisotopic (exact) mass is 187 g/mol. The molecule has 0 saturated heterocycles. The molecule has 4 heteroatoms. The number of ketones is 1. The maximum atomic E-state index is 11.0. The second-order valence-corrected chi connectivity index (χ2v) is 2.98. The zero-order chi connectivity index (χ0) is 10.1. The minimum absolute atomic E-state index is 0.0329. The van der Waals surface area contributed by atoms with Crippen molar-refractivity contribution in [2.45, 2.75) is 32.6 Å². The molecular formula is C9H17NO3. The predicted molar refractivity (Wildman–Crippen MR) is 49.2 cm³/mol. The summed E-state index contributed by atoms with van der Waals surface area (Å²) in [7, 11) is 0. The SMILES string of the molecule is CC(=O)CCC(=O)NCCCCO. The lowest BCUT2D eigenvalue weighted by atomic mass is 10.2. The van der Waals surface area contributed by atoms with Gasteiger partial charge in [0, 0.05) is 26.0 Å². The smallest absolute Gasteiger partial charge is 0.220 e. The Labute approximate surface area is 78.3 Å². The van der Waals surface area contributed by atoms with Crippen LogP contribution >= 0.6 is 0 Å². The zero-order valence-electron chi connectivity index (χ0n) is 8.01. The fraction of sp³-hybridized carbons (Fsp3) is 0.778. The second kappa shape index (κ2) is 7.73. The van der Waals surface area contributed by atoms with E-state index in [1.54, 1.807) is 0 Å². The Bertz CT molecular complexity index is 168. The van der Waals surface area contributed by atoms with Gasteiger partial charge in [-0.1, -0.05) is 0 Å². The predicted octanol–water partition coefficient (Wildman–Crippen LogP) is 0.244. The number of hydrogen-bond donors (Lipinski definition) is 2. The summed E-state index contributed by atoms with van der Waals surface area (Å²) in [4.78, 5) is 21.5. The topological polar surface area (TPSA) is 66.4 Å². The third kappa shape index (κ3) is 9.01. The van der Waals surface area contributed by atoms with Gasteiger partial charge in [0.1, 0.15) is 5.78 Å². The van der Waals surface area contributed by atoms with Crippen molar-refractivity contribution in [2.75, 3.05) is 13.2 Å². The third-order valence-corrected chi connectivity index (χ3v) is 1.61. The molecule has 0 aliphatic rings. The summed E-state index contributed by atoms with van der Waals surface area (Å²) < 4.78 is 0. The van der Waals surface area contributed by atoms with Gasteiger partial charge in [-0.15, -0.1) is 0 Å². The first-order valence-corrected chi connectivity index (χ1v) is 4.54. The quantitative estimate of drug-likeness (QED) is 0.561. The second-order valence-electron chi connectivity index (χ2n) is 2.98. The number of carbonyl (C=O) groups is 2. The summed E-state index contributed by atoms with van der Waals surface area (Å²) in [6.07, 6.45) is 2.07. The van der Waals surface area contributed by atoms with Crippen molar-refractivity contribution in [1.29, 1.82) is 0 Å². The first kappa shape index (κ1) is 12.1. The van der Waals surface area contributed by atoms with Gasteiger partial charge in [-0.3, -0.25) is 4.79 Å². The average molecular weight is 187 g/mol. The lowest BCUT2D eigenvalue weighted by Crippen LogP contribution is -2.24. The van der Waals surface area contributed by atoms with Crippen molar-refractivity contribution in [1.82, 2.24) is 5.32 Å². The van der Waals surface area contributed by atoms with Crippen molar-refractivity contribution in [3.63, 3.8) is 0 Å². The Kier molecular flexibility index (Phi) is 7.20. The van der Waals surface area contributed by atoms with E-state index in [1.807, 2.05) is 0 Å². The van der Waals surface area contributed by atoms with E-state index in [2.05, 4.69) is 5.32 Å². The Morgan fingerprint density at radius 3 is 2.46 bits per heavy atom. The number of unbranched alkanes of at least 4 members (excludes halogenated alkanes) is 1. The van der Waals surface area contributed by atoms with Gasteiger partial charge in [0.05, 0.1) is 0 Å². The molecule has 0 spiro atoms. The summed E-state index contributed by atoms with van der Waals surface area (Å²) in [6.45, 7) is 2.21. The molecule has 0 rings (SSSR count). The standard InChI is InChI=1S/C9H17NO3/c1-8(12)4-5-9(13)10-6-2-3-7-11/h11H,2-7H2,1H3,(H,10,13). The Morgan fingerprint density at radius 2 is 1.92 bits per heavy atom. The highest BCUT2D eigenvalue weighted by atomic mass is 16.3. The molecule has 0 saturated carbocycles. The molecule has 0 heterocycles. The van der Waals surface area contributed by atoms with Gasteiger partial charge >= 0.3 is 0 Å². The number of hydrogen-bond acceptors (Lipinski definition) is 3. The minimum Gasteiger partial charge on any atom is -0.396 e. The van der Waals surface area contributed by atoms with E-state index in [4.69, 9.17) is 5.11 Å². The molecular weight excluding hydrogens is 170 g/mol. The van der Waals surface area contributed by atoms with Crippen molar-refractivity contribution in [2.24, 2.45) is 0 Å². The van der Waals surface area contributed by atoms with Crippen LogP contribution in [0, 0.1) is 0 Å². The highest BCUT2D eigenvalue weighted by Gasteiger charge is 2.01. The Morgan fingerprint density at radius 1 is 1.23 bits per heavy atom. The Balaban J connectivity index is 3.25. The van der Waals surface area contributed by atoms with E-state index in [9.17, 15) is 9.59 Å². The highest BCUT2D eigenvalue weighted by molar-refractivity contribution is 5.83. The molecule has 0 aliphatic heterocycles. The molecule has 1 amide bonds. The first-order chi connectivity index (χ1) is 6.16. The van der Waals surface area contributed by atoms with Gasteiger partial charge in [0.15, 0.2) is 0 Å². The number of amides is 1. The molecule has 13 heavy (non-hydrogen) atoms. The summed E-state index contributed by atoms with van der Waals surface area (Å²) >= 11 is 0. The largest absolute Gasteiger partial charge is 0.396 e. The van der Waals surface area contributed by atoms with Crippen LogP contribution in [-0.2, 0) is 9.59 Å². The van der Waals surface area contributed by atoms with E-state index >= 15 is 0 Å². The van der Waals surface area contributed by atoms with Crippen LogP contribution in [0.3, 0.4) is 0 Å². The van der Waals surface area contributed by atoms with Crippen LogP contribution in [0.1, 0.15) is 32.6 Å². The minimum atomic E-state index is -0.0897. The van der Waals surface area contributed by atoms with Crippen LogP contribution in [-0.4, -0.2) is 29.9 Å². The number of aliphatic hydroxyl groups excluding tert-OH is 1. The van der Waals surface area contributed by atoms with Gasteiger partial charge in [0.2, 0.25) is 5.91 Å². The van der Waals surface area contributed by atoms with E-state index in [-0.39, 0.29) is 24.7 Å². The van der Waals surface area contributed by atoms with Crippen molar-refractivity contribution >= 4 is 11.7 Å². The van der Waals surface area contributed by atoms with Gasteiger partial charge in [-0.25, -0.2) is 0 Å². The molecule has 2 N–H and O–H groups in total. The Hall–Kier alpha value is -0.900. The summed E-state index contributed by atoms with van der Waals surface area (Å²) in [6, 6.07) is 0. The van der Waals surface area contributed by atoms with Gasteiger partial charge < -0.3 is 15.2 Å². The number of carbonyl (C=O) groups excluding carboxylic acids is 2. The van der Waals surface area contributed by atoms with E-state index in [1.165, 1.54) is 6.92 Å². The molecule has 0 aromatic carbocycles. The van der Waals surface area contributed by atoms with Crippen LogP contribution in [0.15, 0.2) is 0 Å². The van der Waals surface area contributed by atoms with Crippen molar-refractivity contribution in [3.8, 4) is 0 Å². The fourth-order valence-electron chi connectivity index (χ4n) is 0.843. The number of rotatable bonds is 7. The molecule has 0 atom stereocenters. The van der Waals surface area contributed by atoms with Gasteiger partial charge in [-0.2, -0.15) is 0 Å². The molecule has 0 bridgehead atoms. The average Bonchev–Trinajstić information content (AvgIpc) is 2.09. The lowest BCUT2D eigenvalue weighted by Gasteiger charge is -2.02. The molecule has 0 aromatic rings. The van der Waals surface area contributed by atoms with Crippen molar-refractivity contribution in [3.05, 3.63) is 0 Å². The van der Waals surface area contributed by atoms with E-state index < -0.39 is 0 Å². The fourth-order valence-corrected chi connectivity index (χ4v) is 0.843. The van der Waals surface area contributed by atoms with E-state index in [0.29, 0.717) is 19.4 Å². The molecule has 0 fully saturated rings. The van der Waals surface area contributed by atoms with Gasteiger partial charge in [0.25, 0.3) is 0 Å². The third-order valence-electron chi connectivity index (χ3n) is 1.61. The van der Waals surface area contributed by atoms with Crippen molar-refractivity contribution < 1.29 is 14.7 Å². The maximum Gasteiger partial charge on any atom is 0.220 e. The van der Waals surface area contributed by atoms with Crippen LogP contribution in [0.4, 0.5) is 0 Å². The summed E-state index contributed by atoms with van der Waals surface area (Å²) in [5, 5.41) is 11.1. The van der Waals surface area contributed by atoms with Gasteiger partial charge in [-0.05, 0) is 19.8 Å². The van der Waals surface area contributed by atoms with Crippen LogP contribution < -0.4 is 5.32 Å². The number of Topliss-reactive ketones (excluding diaryl/α,β-unsaturated/α-hetero) is 1. The lowest BCUT2D eigenvalue weighted by molar-refractivity contribution is -0.124. The maximum absolute atomic E-state index is 11.0. The molecule has 0 unspecified atom stereocenters. The molecule has 0 aliphatic carbocycles. The molecule has 76 valence electrons. The molecule has 4 nitrogen and oxygen atoms in total. The molecule has 0 aromatic heterocycles. The first-order valence-electron chi connectivity index (χ1n) is 4.54. The summed E-state index contributed by atoms with van der Waals surface area (Å²) in [5.41, 5.74) is 0. The van der Waals surface area contributed by atoms with Crippen LogP contribution in [0.2, 0.25) is 0 Å². The zero-order valence-corrected chi connectivity index (χ0v) is 8.01.